The number of carbonyl (C=O) groups excluding carboxylic acids is 3. The van der Waals surface area contributed by atoms with Crippen molar-refractivity contribution in [1.82, 2.24) is 0 Å². The van der Waals surface area contributed by atoms with Crippen LogP contribution in [0, 0.1) is 17.8 Å². The average molecular weight is 2240 g/mol. The van der Waals surface area contributed by atoms with Crippen molar-refractivity contribution in [3.63, 3.8) is 0 Å². The molecular formula is C81H147F25O30Si6. The third-order valence-corrected chi connectivity index (χ3v) is 39.1. The molecule has 30 nitrogen and oxygen atoms in total. The molecular weight excluding hydrogens is 2100 g/mol. The summed E-state index contributed by atoms with van der Waals surface area (Å²) in [6.07, 6.45) is -42.5. The molecule has 1 atom stereocenters. The van der Waals surface area contributed by atoms with Gasteiger partial charge >= 0.3 is 89.5 Å². The van der Waals surface area contributed by atoms with Crippen LogP contribution >= 0.6 is 0 Å². The Morgan fingerprint density at radius 2 is 0.430 bits per heavy atom. The maximum Gasteiger partial charge on any atom is 0.500 e. The van der Waals surface area contributed by atoms with Crippen molar-refractivity contribution in [2.24, 2.45) is 17.8 Å². The van der Waals surface area contributed by atoms with E-state index in [-0.39, 0.29) is 62.9 Å². The number of hydrogen-bond acceptors (Lipinski definition) is 30. The Hall–Kier alpha value is -2.52. The van der Waals surface area contributed by atoms with Gasteiger partial charge in [0.25, 0.3) is 35.5 Å². The van der Waals surface area contributed by atoms with E-state index < -0.39 is 266 Å². The van der Waals surface area contributed by atoms with Crippen LogP contribution in [0.2, 0.25) is 36.3 Å². The van der Waals surface area contributed by atoms with Crippen molar-refractivity contribution in [3.8, 4) is 0 Å². The molecule has 0 N–H and O–H groups in total. The molecule has 0 rings (SSSR count). The van der Waals surface area contributed by atoms with E-state index in [1.54, 1.807) is 0 Å². The molecule has 0 saturated carbocycles. The number of alkyl halides is 25. The Balaban J connectivity index is 0. The molecule has 0 aromatic rings. The molecule has 850 valence electrons. The van der Waals surface area contributed by atoms with Gasteiger partial charge in [0.1, 0.15) is 96.1 Å². The summed E-state index contributed by atoms with van der Waals surface area (Å²) in [4.78, 5) is 37.8. The SMILES string of the molecule is CCOCC(F)(F)CC(F)(F)OC(F)(F)COCC(F)(F)CC(=O)CCC(CCC[Si](OC)(OC)OC)CCC[Si](OC)(OC)OC.CO[Si](CCCC(CCC[Si](OC)(OC)OC)CCC(=O)CC(F)(F)COCC(F)(F)OC(F)(F)CC(F)(F)COCCCC(F)OCC(F)(F)CC(F)(F)OC(F)(F)COCC(F)(F)CC(=O)CCC(CCC[Si](OC)(OC)OC)CCC[Si](OC)(OC)OC)(OC)OC. The van der Waals surface area contributed by atoms with Crippen molar-refractivity contribution in [2.75, 3.05) is 201 Å². The van der Waals surface area contributed by atoms with Gasteiger partial charge < -0.3 is 108 Å². The maximum atomic E-state index is 14.7. The van der Waals surface area contributed by atoms with Crippen molar-refractivity contribution < 1.29 is 246 Å². The second kappa shape index (κ2) is 67.8. The molecule has 0 aromatic carbocycles. The Morgan fingerprint density at radius 1 is 0.232 bits per heavy atom. The highest BCUT2D eigenvalue weighted by molar-refractivity contribution is 6.62. The van der Waals surface area contributed by atoms with E-state index in [1.165, 1.54) is 135 Å². The molecule has 1 unspecified atom stereocenters. The maximum absolute atomic E-state index is 14.7. The van der Waals surface area contributed by atoms with E-state index in [1.807, 2.05) is 0 Å². The van der Waals surface area contributed by atoms with Gasteiger partial charge in [0, 0.05) is 203 Å². The van der Waals surface area contributed by atoms with E-state index in [0.717, 1.165) is 0 Å². The Labute approximate surface area is 820 Å². The van der Waals surface area contributed by atoms with Gasteiger partial charge in [0.2, 0.25) is 0 Å². The lowest BCUT2D eigenvalue weighted by molar-refractivity contribution is -0.398. The summed E-state index contributed by atoms with van der Waals surface area (Å²) in [5.41, 5.74) is 0. The molecule has 0 aliphatic carbocycles. The smallest absolute Gasteiger partial charge is 0.377 e. The van der Waals surface area contributed by atoms with Crippen molar-refractivity contribution >= 4 is 70.2 Å². The zero-order valence-corrected chi connectivity index (χ0v) is 89.9. The lowest BCUT2D eigenvalue weighted by Gasteiger charge is -2.27. The summed E-state index contributed by atoms with van der Waals surface area (Å²) in [6.45, 7) is -17.8. The summed E-state index contributed by atoms with van der Waals surface area (Å²) in [5.74, 6) is -29.3. The van der Waals surface area contributed by atoms with E-state index in [0.29, 0.717) is 113 Å². The summed E-state index contributed by atoms with van der Waals surface area (Å²) < 4.78 is 489. The van der Waals surface area contributed by atoms with Crippen LogP contribution < -0.4 is 0 Å². The Morgan fingerprint density at radius 3 is 0.634 bits per heavy atom. The van der Waals surface area contributed by atoms with E-state index in [4.69, 9.17) is 79.7 Å². The first kappa shape index (κ1) is 142. The highest BCUT2D eigenvalue weighted by Gasteiger charge is 2.56. The molecule has 0 radical (unpaired) electrons. The van der Waals surface area contributed by atoms with Gasteiger partial charge in [-0.05, 0) is 88.9 Å². The molecule has 0 aromatic heterocycles. The second-order valence-electron chi connectivity index (χ2n) is 33.3. The number of hydrogen-bond donors (Lipinski definition) is 0. The highest BCUT2D eigenvalue weighted by atomic mass is 28.4. The van der Waals surface area contributed by atoms with Crippen LogP contribution in [0.25, 0.3) is 0 Å². The minimum Gasteiger partial charge on any atom is -0.377 e. The van der Waals surface area contributed by atoms with Crippen LogP contribution in [0.5, 0.6) is 0 Å². The Bertz CT molecular complexity index is 3200. The Kier molecular flexibility index (Phi) is 67.6. The lowest BCUT2D eigenvalue weighted by Crippen LogP contribution is -2.42. The fourth-order valence-corrected chi connectivity index (χ4v) is 25.1. The molecule has 0 bridgehead atoms. The third-order valence-electron chi connectivity index (χ3n) is 22.1. The number of rotatable bonds is 93. The zero-order chi connectivity index (χ0) is 110. The molecule has 61 heteroatoms. The van der Waals surface area contributed by atoms with Gasteiger partial charge in [-0.2, -0.15) is 52.7 Å². The summed E-state index contributed by atoms with van der Waals surface area (Å²) >= 11 is 0. The van der Waals surface area contributed by atoms with Crippen LogP contribution in [0.4, 0.5) is 110 Å². The number of ether oxygens (including phenoxy) is 9. The zero-order valence-electron chi connectivity index (χ0n) is 83.9. The van der Waals surface area contributed by atoms with Crippen LogP contribution in [-0.4, -0.2) is 349 Å². The number of Topliss-reactive ketones (excluding diaryl/α,β-unsaturated/α-hetero) is 3. The fraction of sp³-hybridized carbons (Fsp3) is 0.963. The minimum absolute atomic E-state index is 0.100. The second-order valence-corrected chi connectivity index (χ2v) is 51.9. The predicted octanol–water partition coefficient (Wildman–Crippen LogP) is 19.8. The van der Waals surface area contributed by atoms with Crippen molar-refractivity contribution in [1.29, 1.82) is 0 Å². The van der Waals surface area contributed by atoms with E-state index in [2.05, 4.69) is 42.6 Å². The van der Waals surface area contributed by atoms with Crippen LogP contribution in [0.15, 0.2) is 0 Å². The predicted molar refractivity (Wildman–Crippen MR) is 468 cm³/mol. The van der Waals surface area contributed by atoms with Gasteiger partial charge in [-0.25, -0.2) is 57.1 Å². The molecule has 142 heavy (non-hydrogen) atoms. The largest absolute Gasteiger partial charge is 0.500 e. The van der Waals surface area contributed by atoms with Gasteiger partial charge in [-0.1, -0.05) is 38.5 Å². The van der Waals surface area contributed by atoms with Gasteiger partial charge in [0.05, 0.1) is 19.3 Å². The number of ketones is 3. The molecule has 0 heterocycles. The lowest BCUT2D eigenvalue weighted by atomic mass is 9.91. The monoisotopic (exact) mass is 2240 g/mol. The van der Waals surface area contributed by atoms with Crippen LogP contribution in [-0.2, 0) is 137 Å². The molecule has 0 saturated heterocycles. The first-order valence-corrected chi connectivity index (χ1v) is 56.5. The number of halogens is 25. The molecule has 0 fully saturated rings. The van der Waals surface area contributed by atoms with Gasteiger partial charge in [-0.15, -0.1) is 0 Å². The van der Waals surface area contributed by atoms with Crippen LogP contribution in [0.3, 0.4) is 0 Å². The molecule has 0 aliphatic rings. The molecule has 0 aliphatic heterocycles. The first-order chi connectivity index (χ1) is 65.7. The fourth-order valence-electron chi connectivity index (χ4n) is 14.6. The highest BCUT2D eigenvalue weighted by Crippen LogP contribution is 2.43. The van der Waals surface area contributed by atoms with E-state index >= 15 is 0 Å². The van der Waals surface area contributed by atoms with Gasteiger partial charge in [0.15, 0.2) is 6.36 Å². The average Bonchev–Trinajstić information content (AvgIpc) is 0.836. The summed E-state index contributed by atoms with van der Waals surface area (Å²) in [5, 5.41) is 0. The van der Waals surface area contributed by atoms with Crippen molar-refractivity contribution in [3.05, 3.63) is 0 Å². The minimum atomic E-state index is -5.45. The summed E-state index contributed by atoms with van der Waals surface area (Å²) in [6, 6.07) is 2.48. The standard InChI is InChI=1S/C54H97F17O20Si4.C27H50F8O10Si2/c1-74-92(75-2,76-3)28-14-18-42(19-15-29-93(77-4,78-5)79-6)23-25-44(72)32-47(56,57)36-87-40-53(68,69)90-51(64,65)34-49(60,61)38-86-27-13-22-46(55)89-39-50(62,63)35-52(66,67)91-54(70,71)41-88-37-48(58,59)33-45(73)26-24-43(20-16-30-94(80-7,81-8)82-9)21-17-31-95(83-10,84-11)85-12;1-8-43-20-25(30,31)18-26(32,33)45-27(34,35)21-44-19-24(28,29)17-23(36)14-13-22(11-9-15-46(37-2,38-3)39-4)12-10-16-47(40-5,41-6)42-7/h42-43,46H,13-41H2,1-12H3;22H,8-21H2,1-7H3. The molecule has 0 spiro atoms. The first-order valence-electron chi connectivity index (χ1n) is 44.9. The third kappa shape index (κ3) is 61.9. The quantitative estimate of drug-likeness (QED) is 0.0310. The normalized spacial score (nSPS) is 14.3. The van der Waals surface area contributed by atoms with Crippen LogP contribution in [0.1, 0.15) is 174 Å². The van der Waals surface area contributed by atoms with Gasteiger partial charge in [-0.3, -0.25) is 28.6 Å². The summed E-state index contributed by atoms with van der Waals surface area (Å²) in [7, 11) is 8.18. The van der Waals surface area contributed by atoms with E-state index in [9.17, 15) is 124 Å². The number of carbonyl (C=O) groups is 3. The van der Waals surface area contributed by atoms with Crippen molar-refractivity contribution in [2.45, 2.75) is 289 Å². The molecule has 0 amide bonds. The topological polar surface area (TPSA) is 300 Å².